The summed E-state index contributed by atoms with van der Waals surface area (Å²) in [5.74, 6) is 0.697. The summed E-state index contributed by atoms with van der Waals surface area (Å²) in [4.78, 5) is 15.8. The van der Waals surface area contributed by atoms with Gasteiger partial charge in [0.05, 0.1) is 34.2 Å². The Morgan fingerprint density at radius 1 is 0.512 bits per heavy atom. The molecule has 3 nitrogen and oxygen atoms in total. The van der Waals surface area contributed by atoms with E-state index in [0.29, 0.717) is 11.8 Å². The Balaban J connectivity index is 0.00000423. The summed E-state index contributed by atoms with van der Waals surface area (Å²) in [6.45, 7) is 13.1. The van der Waals surface area contributed by atoms with E-state index in [2.05, 4.69) is 133 Å². The van der Waals surface area contributed by atoms with Gasteiger partial charge in [0.2, 0.25) is 0 Å². The first-order valence-electron chi connectivity index (χ1n) is 14.8. The van der Waals surface area contributed by atoms with Crippen molar-refractivity contribution in [2.75, 3.05) is 0 Å². The van der Waals surface area contributed by atoms with Crippen LogP contribution in [0.15, 0.2) is 125 Å². The maximum atomic E-state index is 5.28. The molecule has 0 unspecified atom stereocenters. The molecule has 4 aromatic carbocycles. The zero-order valence-corrected chi connectivity index (χ0v) is 26.8. The van der Waals surface area contributed by atoms with Crippen LogP contribution in [-0.4, -0.2) is 16.4 Å². The third kappa shape index (κ3) is 7.64. The van der Waals surface area contributed by atoms with Gasteiger partial charge in [0.15, 0.2) is 0 Å². The van der Waals surface area contributed by atoms with Crippen molar-refractivity contribution in [1.82, 2.24) is 4.98 Å². The fraction of sp³-hybridized carbons (Fsp3) is 0.205. The number of benzene rings is 4. The molecule has 0 aliphatic heterocycles. The van der Waals surface area contributed by atoms with Crippen molar-refractivity contribution in [1.29, 1.82) is 0 Å². The first-order chi connectivity index (χ1) is 20.3. The molecule has 219 valence electrons. The number of aryl methyl sites for hydroxylation is 2. The van der Waals surface area contributed by atoms with Crippen LogP contribution in [0, 0.1) is 13.8 Å². The van der Waals surface area contributed by atoms with Gasteiger partial charge in [-0.3, -0.25) is 0 Å². The molecule has 0 saturated carbocycles. The largest absolute Gasteiger partial charge is 0.246 e. The Bertz CT molecular complexity index is 1610. The van der Waals surface area contributed by atoms with E-state index in [-0.39, 0.29) is 16.8 Å². The maximum absolute atomic E-state index is 5.28. The van der Waals surface area contributed by atoms with E-state index in [9.17, 15) is 0 Å². The molecular formula is C39H39CoN3. The minimum Gasteiger partial charge on any atom is -0.246 e. The minimum atomic E-state index is 0. The Morgan fingerprint density at radius 3 is 1.28 bits per heavy atom. The summed E-state index contributed by atoms with van der Waals surface area (Å²) in [6.07, 6.45) is 0. The number of hydrogen-bond donors (Lipinski definition) is 0. The van der Waals surface area contributed by atoms with E-state index in [1.807, 2.05) is 24.3 Å². The van der Waals surface area contributed by atoms with Gasteiger partial charge < -0.3 is 0 Å². The molecule has 43 heavy (non-hydrogen) atoms. The van der Waals surface area contributed by atoms with Gasteiger partial charge in [-0.25, -0.2) is 15.0 Å². The molecule has 4 heteroatoms. The molecule has 0 amide bonds. The smallest absolute Gasteiger partial charge is 0.0966 e. The maximum Gasteiger partial charge on any atom is 0.0966 e. The predicted molar refractivity (Wildman–Crippen MR) is 178 cm³/mol. The van der Waals surface area contributed by atoms with Crippen molar-refractivity contribution >= 4 is 22.8 Å². The molecule has 0 N–H and O–H groups in total. The number of rotatable bonds is 8. The third-order valence-corrected chi connectivity index (χ3v) is 7.40. The van der Waals surface area contributed by atoms with Gasteiger partial charge in [0.1, 0.15) is 0 Å². The Kier molecular flexibility index (Phi) is 10.6. The molecule has 1 radical (unpaired) electrons. The van der Waals surface area contributed by atoms with Crippen molar-refractivity contribution in [3.05, 3.63) is 160 Å². The molecule has 0 saturated heterocycles. The van der Waals surface area contributed by atoms with Crippen LogP contribution in [0.2, 0.25) is 0 Å². The van der Waals surface area contributed by atoms with Crippen LogP contribution in [0.3, 0.4) is 0 Å². The monoisotopic (exact) mass is 608 g/mol. The molecule has 5 aromatic rings. The van der Waals surface area contributed by atoms with Crippen LogP contribution in [0.1, 0.15) is 84.3 Å². The van der Waals surface area contributed by atoms with Crippen LogP contribution in [-0.2, 0) is 16.8 Å². The average molecular weight is 609 g/mol. The minimum absolute atomic E-state index is 0. The van der Waals surface area contributed by atoms with Crippen LogP contribution < -0.4 is 0 Å². The first kappa shape index (κ1) is 31.8. The average Bonchev–Trinajstić information content (AvgIpc) is 3.00. The van der Waals surface area contributed by atoms with E-state index in [4.69, 9.17) is 15.0 Å². The summed E-state index contributed by atoms with van der Waals surface area (Å²) in [7, 11) is 0. The van der Waals surface area contributed by atoms with Gasteiger partial charge in [-0.1, -0.05) is 130 Å². The summed E-state index contributed by atoms with van der Waals surface area (Å²) in [6, 6.07) is 39.8. The summed E-state index contributed by atoms with van der Waals surface area (Å²) < 4.78 is 0. The fourth-order valence-corrected chi connectivity index (χ4v) is 5.15. The molecule has 0 bridgehead atoms. The number of pyridine rings is 1. The quantitative estimate of drug-likeness (QED) is 0.162. The normalized spacial score (nSPS) is 12.0. The number of nitrogens with zero attached hydrogens (tertiary/aromatic N) is 3. The van der Waals surface area contributed by atoms with Gasteiger partial charge in [-0.2, -0.15) is 0 Å². The van der Waals surface area contributed by atoms with Crippen molar-refractivity contribution in [2.45, 2.75) is 53.4 Å². The number of hydrogen-bond acceptors (Lipinski definition) is 3. The van der Waals surface area contributed by atoms with E-state index >= 15 is 0 Å². The molecule has 0 aliphatic carbocycles. The summed E-state index contributed by atoms with van der Waals surface area (Å²) >= 11 is 0. The number of aromatic nitrogens is 1. The van der Waals surface area contributed by atoms with E-state index in [1.54, 1.807) is 0 Å². The third-order valence-electron chi connectivity index (χ3n) is 7.40. The molecule has 0 spiro atoms. The van der Waals surface area contributed by atoms with Crippen LogP contribution in [0.25, 0.3) is 0 Å². The van der Waals surface area contributed by atoms with Crippen molar-refractivity contribution < 1.29 is 16.8 Å². The molecule has 0 fully saturated rings. The standard InChI is InChI=1S/C39H39N3.Co/c1-26(2)32-24-28(5)20-22-34(32)41-38(30-14-9-7-10-15-30)36-18-13-19-37(40-36)39(31-16-11-8-12-17-31)42-35-23-21-29(6)25-33(35)27(3)4;/h7-27H,1-6H3;. The van der Waals surface area contributed by atoms with Gasteiger partial charge in [-0.05, 0) is 61.1 Å². The molecule has 1 heterocycles. The Hall–Kier alpha value is -4.12. The summed E-state index contributed by atoms with van der Waals surface area (Å²) in [5.41, 5.74) is 12.2. The van der Waals surface area contributed by atoms with Crippen LogP contribution in [0.4, 0.5) is 11.4 Å². The van der Waals surface area contributed by atoms with E-state index in [0.717, 1.165) is 45.3 Å². The topological polar surface area (TPSA) is 37.6 Å². The predicted octanol–water partition coefficient (Wildman–Crippen LogP) is 10.3. The molecule has 0 atom stereocenters. The van der Waals surface area contributed by atoms with Crippen LogP contribution >= 0.6 is 0 Å². The molecule has 5 rings (SSSR count). The zero-order valence-electron chi connectivity index (χ0n) is 25.8. The molecule has 1 aromatic heterocycles. The van der Waals surface area contributed by atoms with Gasteiger partial charge in [-0.15, -0.1) is 0 Å². The van der Waals surface area contributed by atoms with E-state index in [1.165, 1.54) is 22.3 Å². The molecular weight excluding hydrogens is 569 g/mol. The van der Waals surface area contributed by atoms with Gasteiger partial charge >= 0.3 is 0 Å². The van der Waals surface area contributed by atoms with Crippen molar-refractivity contribution in [2.24, 2.45) is 9.98 Å². The second-order valence-corrected chi connectivity index (χ2v) is 11.5. The van der Waals surface area contributed by atoms with Gasteiger partial charge in [0, 0.05) is 27.9 Å². The fourth-order valence-electron chi connectivity index (χ4n) is 5.15. The second kappa shape index (κ2) is 14.4. The van der Waals surface area contributed by atoms with Crippen molar-refractivity contribution in [3.8, 4) is 0 Å². The SMILES string of the molecule is Cc1ccc(N=C(c2ccccc2)c2cccc(C(=Nc3ccc(C)cc3C(C)C)c3ccccc3)n2)c(C(C)C)c1.[Co]. The van der Waals surface area contributed by atoms with Crippen LogP contribution in [0.5, 0.6) is 0 Å². The second-order valence-electron chi connectivity index (χ2n) is 11.5. The summed E-state index contributed by atoms with van der Waals surface area (Å²) in [5, 5.41) is 0. The molecule has 0 aliphatic rings. The Labute approximate surface area is 267 Å². The van der Waals surface area contributed by atoms with E-state index < -0.39 is 0 Å². The first-order valence-corrected chi connectivity index (χ1v) is 14.8. The van der Waals surface area contributed by atoms with Crippen molar-refractivity contribution in [3.63, 3.8) is 0 Å². The number of aliphatic imine (C=N–C) groups is 2. The van der Waals surface area contributed by atoms with Gasteiger partial charge in [0.25, 0.3) is 0 Å². The zero-order chi connectivity index (χ0) is 29.6. The Morgan fingerprint density at radius 2 is 0.907 bits per heavy atom.